The molecule has 12 heteroatoms. The molecule has 0 radical (unpaired) electrons. The van der Waals surface area contributed by atoms with Gasteiger partial charge in [-0.15, -0.1) is 0 Å². The third kappa shape index (κ3) is 4.91. The number of esters is 1. The highest BCUT2D eigenvalue weighted by Crippen LogP contribution is 2.44. The van der Waals surface area contributed by atoms with Crippen LogP contribution in [-0.2, 0) is 11.3 Å². The highest BCUT2D eigenvalue weighted by atomic mass is 33.1. The average molecular weight is 584 g/mol. The van der Waals surface area contributed by atoms with Crippen LogP contribution in [0.3, 0.4) is 0 Å². The molecule has 1 fully saturated rings. The van der Waals surface area contributed by atoms with Crippen molar-refractivity contribution in [3.63, 3.8) is 0 Å². The zero-order chi connectivity index (χ0) is 25.5. The fraction of sp³-hybridized carbons (Fsp3) is 0.160. The summed E-state index contributed by atoms with van der Waals surface area (Å²) in [4.78, 5) is 41.3. The number of nitrogens with zero attached hydrogens (tertiary/aromatic N) is 2. The number of nitrogens with one attached hydrogen (secondary N) is 1. The van der Waals surface area contributed by atoms with Crippen LogP contribution in [0.25, 0.3) is 10.6 Å². The first-order valence-corrected chi connectivity index (χ1v) is 16.0. The Morgan fingerprint density at radius 3 is 2.65 bits per heavy atom. The number of amides is 1. The van der Waals surface area contributed by atoms with Crippen LogP contribution >= 0.6 is 54.5 Å². The summed E-state index contributed by atoms with van der Waals surface area (Å²) in [6, 6.07) is 19.1. The molecule has 1 N–H and O–H groups in total. The van der Waals surface area contributed by atoms with Crippen molar-refractivity contribution in [2.45, 2.75) is 24.3 Å². The van der Waals surface area contributed by atoms with Gasteiger partial charge >= 0.3 is 10.8 Å². The molecule has 37 heavy (non-hydrogen) atoms. The van der Waals surface area contributed by atoms with Crippen molar-refractivity contribution in [1.82, 2.24) is 14.9 Å². The Hall–Kier alpha value is -2.77. The van der Waals surface area contributed by atoms with Crippen LogP contribution in [0.1, 0.15) is 40.2 Å². The molecule has 0 bridgehead atoms. The first-order chi connectivity index (χ1) is 18.0. The number of fused-ring (bicyclic) bond motifs is 1. The fourth-order valence-electron chi connectivity index (χ4n) is 4.45. The molecule has 0 spiro atoms. The first kappa shape index (κ1) is 24.6. The lowest BCUT2D eigenvalue weighted by Gasteiger charge is -2.14. The molecule has 4 heterocycles. The summed E-state index contributed by atoms with van der Waals surface area (Å²) in [5, 5.41) is 3.00. The van der Waals surface area contributed by atoms with Crippen LogP contribution in [0.5, 0.6) is 5.75 Å². The summed E-state index contributed by atoms with van der Waals surface area (Å²) in [6.07, 6.45) is 0.616. The van der Waals surface area contributed by atoms with E-state index in [4.69, 9.17) is 17.0 Å². The Labute approximate surface area is 232 Å². The molecular weight excluding hydrogens is 567 g/mol. The normalized spacial score (nSPS) is 18.4. The number of carbonyl (C=O) groups is 2. The van der Waals surface area contributed by atoms with Crippen LogP contribution in [0.4, 0.5) is 4.79 Å². The molecule has 4 aromatic rings. The summed E-state index contributed by atoms with van der Waals surface area (Å²) in [5.41, 5.74) is 4.19. The molecule has 2 aromatic carbocycles. The van der Waals surface area contributed by atoms with Crippen molar-refractivity contribution < 1.29 is 14.3 Å². The van der Waals surface area contributed by atoms with Gasteiger partial charge in [-0.1, -0.05) is 63.7 Å². The summed E-state index contributed by atoms with van der Waals surface area (Å²) < 4.78 is 7.99. The fourth-order valence-corrected chi connectivity index (χ4v) is 8.40. The maximum atomic E-state index is 13.4. The van der Waals surface area contributed by atoms with Crippen molar-refractivity contribution in [1.29, 1.82) is 0 Å². The monoisotopic (exact) mass is 583 g/mol. The van der Waals surface area contributed by atoms with E-state index in [2.05, 4.69) is 14.9 Å². The number of hydrogen-bond donors (Lipinski definition) is 1. The predicted octanol–water partition coefficient (Wildman–Crippen LogP) is 6.00. The van der Waals surface area contributed by atoms with Crippen molar-refractivity contribution >= 4 is 70.6 Å². The number of hydrogen-bond acceptors (Lipinski definition) is 10. The van der Waals surface area contributed by atoms with Gasteiger partial charge < -0.3 is 14.6 Å². The average Bonchev–Trinajstić information content (AvgIpc) is 3.69. The van der Waals surface area contributed by atoms with Crippen LogP contribution in [0.2, 0.25) is 0 Å². The topological polar surface area (TPSA) is 90.3 Å². The molecule has 2 aromatic heterocycles. The minimum absolute atomic E-state index is 0.131. The van der Waals surface area contributed by atoms with Crippen LogP contribution in [-0.4, -0.2) is 25.6 Å². The first-order valence-electron chi connectivity index (χ1n) is 11.2. The lowest BCUT2D eigenvalue weighted by atomic mass is 10.0. The van der Waals surface area contributed by atoms with Crippen LogP contribution in [0.15, 0.2) is 65.5 Å². The number of ether oxygens (including phenoxy) is 1. The summed E-state index contributed by atoms with van der Waals surface area (Å²) >= 11 is 5.73. The van der Waals surface area contributed by atoms with Gasteiger partial charge in [0.25, 0.3) is 5.24 Å². The Kier molecular flexibility index (Phi) is 6.76. The largest absolute Gasteiger partial charge is 0.426 e. The van der Waals surface area contributed by atoms with Crippen molar-refractivity contribution in [2.75, 3.05) is 0 Å². The molecular formula is C25H17N3O4S5. The summed E-state index contributed by atoms with van der Waals surface area (Å²) in [5.74, 6) is -0.436. The Balaban J connectivity index is 1.27. The molecule has 1 amide bonds. The lowest BCUT2D eigenvalue weighted by Crippen LogP contribution is -2.18. The number of thiocarbonyl (C=S) groups is 1. The lowest BCUT2D eigenvalue weighted by molar-refractivity contribution is -0.136. The van der Waals surface area contributed by atoms with E-state index in [0.29, 0.717) is 29.3 Å². The van der Waals surface area contributed by atoms with Gasteiger partial charge in [-0.3, -0.25) is 14.4 Å². The minimum atomic E-state index is -0.425. The summed E-state index contributed by atoms with van der Waals surface area (Å²) in [6.45, 7) is 0.671. The smallest absolute Gasteiger partial charge is 0.337 e. The number of carbonyl (C=O) groups excluding carboxylic acids is 2. The van der Waals surface area contributed by atoms with Crippen molar-refractivity contribution in [2.24, 2.45) is 0 Å². The van der Waals surface area contributed by atoms with Crippen molar-refractivity contribution in [3.8, 4) is 16.3 Å². The standard InChI is InChI=1S/C25H17N3O4S5/c29-23(17-8-9-28-18(17)6-7-19(28)20(33)13-4-2-1-3-5-13)32-16-11-14(21-26-24(30)36-34-21)10-15(12-16)22-27-25(31)37-35-22/h1-7,10-12,17,21H,8-9H2,(H,26,30). The van der Waals surface area contributed by atoms with Gasteiger partial charge in [0.05, 0.1) is 16.5 Å². The molecule has 186 valence electrons. The van der Waals surface area contributed by atoms with Gasteiger partial charge in [0.15, 0.2) is 0 Å². The van der Waals surface area contributed by atoms with E-state index in [0.717, 1.165) is 48.5 Å². The minimum Gasteiger partial charge on any atom is -0.426 e. The van der Waals surface area contributed by atoms with E-state index < -0.39 is 5.92 Å². The third-order valence-corrected chi connectivity index (χ3v) is 10.8. The van der Waals surface area contributed by atoms with Crippen LogP contribution in [0, 0.1) is 0 Å². The van der Waals surface area contributed by atoms with E-state index in [1.165, 1.54) is 21.1 Å². The van der Waals surface area contributed by atoms with E-state index in [1.807, 2.05) is 48.5 Å². The second kappa shape index (κ2) is 10.2. The van der Waals surface area contributed by atoms with Gasteiger partial charge in [-0.25, -0.2) is 0 Å². The molecule has 2 unspecified atom stereocenters. The predicted molar refractivity (Wildman–Crippen MR) is 153 cm³/mol. The quantitative estimate of drug-likeness (QED) is 0.0973. The highest BCUT2D eigenvalue weighted by molar-refractivity contribution is 8.82. The molecule has 0 aliphatic carbocycles. The van der Waals surface area contributed by atoms with Crippen molar-refractivity contribution in [3.05, 3.63) is 92.8 Å². The molecule has 7 nitrogen and oxygen atoms in total. The molecule has 2 aliphatic rings. The Morgan fingerprint density at radius 2 is 1.92 bits per heavy atom. The number of rotatable bonds is 6. The van der Waals surface area contributed by atoms with Gasteiger partial charge in [-0.2, -0.15) is 4.98 Å². The molecule has 6 rings (SSSR count). The second-order valence-electron chi connectivity index (χ2n) is 8.38. The number of aromatic nitrogens is 2. The van der Waals surface area contributed by atoms with Gasteiger partial charge in [-0.05, 0) is 58.2 Å². The maximum Gasteiger partial charge on any atom is 0.337 e. The number of benzene rings is 2. The molecule has 1 saturated heterocycles. The zero-order valence-corrected chi connectivity index (χ0v) is 23.0. The molecule has 0 saturated carbocycles. The van der Waals surface area contributed by atoms with E-state index >= 15 is 0 Å². The van der Waals surface area contributed by atoms with E-state index in [-0.39, 0.29) is 21.5 Å². The van der Waals surface area contributed by atoms with E-state index in [1.54, 1.807) is 12.1 Å². The maximum absolute atomic E-state index is 13.4. The molecule has 2 aliphatic heterocycles. The highest BCUT2D eigenvalue weighted by Gasteiger charge is 2.33. The Morgan fingerprint density at radius 1 is 1.08 bits per heavy atom. The molecule has 2 atom stereocenters. The SMILES string of the molecule is O=C1NC(c2cc(OC(=O)C3CCn4c(C(=S)c5ccccc5)ccc43)cc(-c3nc(=O)ss3)c2)SS1. The Bertz CT molecular complexity index is 1590. The third-order valence-electron chi connectivity index (χ3n) is 6.12. The van der Waals surface area contributed by atoms with Crippen LogP contribution < -0.4 is 14.9 Å². The second-order valence-corrected chi connectivity index (χ2v) is 13.1. The van der Waals surface area contributed by atoms with Gasteiger partial charge in [0, 0.05) is 28.6 Å². The summed E-state index contributed by atoms with van der Waals surface area (Å²) in [7, 11) is 4.82. The zero-order valence-electron chi connectivity index (χ0n) is 18.9. The van der Waals surface area contributed by atoms with E-state index in [9.17, 15) is 14.4 Å². The van der Waals surface area contributed by atoms with Gasteiger partial charge in [0.2, 0.25) is 0 Å². The van der Waals surface area contributed by atoms with Gasteiger partial charge in [0.1, 0.15) is 16.1 Å².